The lowest BCUT2D eigenvalue weighted by Gasteiger charge is -2.34. The summed E-state index contributed by atoms with van der Waals surface area (Å²) in [4.78, 5) is 2.74. The number of allylic oxidation sites excluding steroid dienone is 1. The number of benzene rings is 2. The van der Waals surface area contributed by atoms with E-state index in [0.29, 0.717) is 5.92 Å². The molecule has 2 aliphatic rings. The Kier molecular flexibility index (Phi) is 16.5. The molecule has 2 fully saturated rings. The molecule has 1 saturated heterocycles. The second-order valence-corrected chi connectivity index (χ2v) is 15.1. The van der Waals surface area contributed by atoms with Crippen molar-refractivity contribution in [3.63, 3.8) is 0 Å². The third-order valence-corrected chi connectivity index (χ3v) is 11.3. The van der Waals surface area contributed by atoms with Gasteiger partial charge in [-0.3, -0.25) is 0 Å². The van der Waals surface area contributed by atoms with Crippen LogP contribution in [0.1, 0.15) is 141 Å². The minimum atomic E-state index is 0.254. The molecule has 3 nitrogen and oxygen atoms in total. The first-order valence-corrected chi connectivity index (χ1v) is 19.7. The van der Waals surface area contributed by atoms with Gasteiger partial charge in [0.1, 0.15) is 0 Å². The second kappa shape index (κ2) is 20.8. The number of nitrogens with one attached hydrogen (secondary N) is 2. The van der Waals surface area contributed by atoms with E-state index in [1.54, 1.807) is 16.7 Å². The zero-order valence-corrected chi connectivity index (χ0v) is 31.2. The number of nitrogens with zero attached hydrogens (tertiary/aromatic N) is 1. The largest absolute Gasteiger partial charge is 0.391 e. The molecule has 0 radical (unpaired) electrons. The van der Waals surface area contributed by atoms with Crippen LogP contribution in [-0.4, -0.2) is 37.6 Å². The van der Waals surface area contributed by atoms with Crippen LogP contribution in [0.4, 0.5) is 0 Å². The van der Waals surface area contributed by atoms with Gasteiger partial charge in [0.05, 0.1) is 0 Å². The Morgan fingerprint density at radius 2 is 1.58 bits per heavy atom. The van der Waals surface area contributed by atoms with Crippen LogP contribution in [0.3, 0.4) is 0 Å². The molecular weight excluding hydrogens is 583 g/mol. The Morgan fingerprint density at radius 1 is 0.875 bits per heavy atom. The number of likely N-dealkylation sites (tertiary alicyclic amines) is 1. The zero-order valence-electron chi connectivity index (χ0n) is 31.2. The van der Waals surface area contributed by atoms with Crippen LogP contribution in [0.15, 0.2) is 61.8 Å². The highest BCUT2D eigenvalue weighted by molar-refractivity contribution is 5.50. The summed E-state index contributed by atoms with van der Waals surface area (Å²) in [6.45, 7) is 21.4. The molecule has 48 heavy (non-hydrogen) atoms. The lowest BCUT2D eigenvalue weighted by molar-refractivity contribution is 0.207. The van der Waals surface area contributed by atoms with Crippen molar-refractivity contribution >= 4 is 6.08 Å². The van der Waals surface area contributed by atoms with Gasteiger partial charge in [-0.05, 0) is 136 Å². The van der Waals surface area contributed by atoms with Gasteiger partial charge in [-0.2, -0.15) is 0 Å². The van der Waals surface area contributed by atoms with E-state index < -0.39 is 0 Å². The summed E-state index contributed by atoms with van der Waals surface area (Å²) in [7, 11) is 1.97. The Morgan fingerprint density at radius 3 is 2.25 bits per heavy atom. The van der Waals surface area contributed by atoms with Gasteiger partial charge in [0, 0.05) is 25.3 Å². The molecule has 3 heteroatoms. The van der Waals surface area contributed by atoms with Crippen molar-refractivity contribution in [2.45, 2.75) is 142 Å². The highest BCUT2D eigenvalue weighted by atomic mass is 15.1. The van der Waals surface area contributed by atoms with Gasteiger partial charge in [-0.25, -0.2) is 0 Å². The lowest BCUT2D eigenvalue weighted by atomic mass is 9.83. The van der Waals surface area contributed by atoms with E-state index in [4.69, 9.17) is 0 Å². The number of rotatable bonds is 24. The highest BCUT2D eigenvalue weighted by Crippen LogP contribution is 2.35. The van der Waals surface area contributed by atoms with Gasteiger partial charge in [-0.1, -0.05) is 113 Å². The Balaban J connectivity index is 1.09. The maximum absolute atomic E-state index is 4.26. The smallest absolute Gasteiger partial charge is 0.0468 e. The predicted molar refractivity (Wildman–Crippen MR) is 211 cm³/mol. The van der Waals surface area contributed by atoms with Crippen molar-refractivity contribution in [3.8, 4) is 0 Å². The number of unbranched alkanes of at least 4 members (excludes halogenated alkanes) is 7. The number of aryl methyl sites for hydroxylation is 4. The van der Waals surface area contributed by atoms with Gasteiger partial charge >= 0.3 is 0 Å². The summed E-state index contributed by atoms with van der Waals surface area (Å²) in [6.07, 6.45) is 26.4. The minimum absolute atomic E-state index is 0.254. The van der Waals surface area contributed by atoms with Crippen molar-refractivity contribution in [1.82, 2.24) is 15.5 Å². The van der Waals surface area contributed by atoms with E-state index in [0.717, 1.165) is 31.0 Å². The average Bonchev–Trinajstić information content (AvgIpc) is 3.93. The summed E-state index contributed by atoms with van der Waals surface area (Å²) < 4.78 is 0. The van der Waals surface area contributed by atoms with E-state index >= 15 is 0 Å². The quantitative estimate of drug-likeness (QED) is 0.0874. The standard InChI is InChI=1S/C45H69N3/c1-7-9-19-45(37(5)46-6)47-34-44-36(4)31-35(3)32-43(44)41-26-29-48(30-27-41)28-17-15-13-11-10-12-14-16-18-40-24-22-38(8-2)33-42(40)25-23-39-20-21-39/h7-8,22,24,31-33,39,41,45-47H,1-2,5,9-21,23,25-30,34H2,3-4,6H3. The fourth-order valence-electron chi connectivity index (χ4n) is 7.91. The predicted octanol–water partition coefficient (Wildman–Crippen LogP) is 11.0. The molecule has 0 bridgehead atoms. The molecular formula is C45H69N3. The summed E-state index contributed by atoms with van der Waals surface area (Å²) in [5, 5.41) is 7.10. The zero-order chi connectivity index (χ0) is 34.1. The van der Waals surface area contributed by atoms with Crippen LogP contribution in [0.2, 0.25) is 0 Å². The summed E-state index contributed by atoms with van der Waals surface area (Å²) in [5.41, 5.74) is 11.4. The van der Waals surface area contributed by atoms with Crippen LogP contribution < -0.4 is 10.6 Å². The Labute approximate surface area is 295 Å². The van der Waals surface area contributed by atoms with Gasteiger partial charge < -0.3 is 15.5 Å². The maximum atomic E-state index is 4.26. The first-order valence-electron chi connectivity index (χ1n) is 19.7. The summed E-state index contributed by atoms with van der Waals surface area (Å²) in [6, 6.07) is 12.1. The van der Waals surface area contributed by atoms with Crippen molar-refractivity contribution in [2.24, 2.45) is 5.92 Å². The second-order valence-electron chi connectivity index (χ2n) is 15.1. The van der Waals surface area contributed by atoms with Crippen molar-refractivity contribution in [3.05, 3.63) is 101 Å². The molecule has 1 aliphatic heterocycles. The molecule has 1 unspecified atom stereocenters. The first-order chi connectivity index (χ1) is 23.4. The van der Waals surface area contributed by atoms with Crippen molar-refractivity contribution < 1.29 is 0 Å². The SMILES string of the molecule is C=CCCC(NCc1c(C)cc(C)cc1C1CCN(CCCCCCCCCCc2ccc(C=C)cc2CCC2CC2)CC1)C(=C)NC. The van der Waals surface area contributed by atoms with Gasteiger partial charge in [0.15, 0.2) is 0 Å². The van der Waals surface area contributed by atoms with Gasteiger partial charge in [0.2, 0.25) is 0 Å². The van der Waals surface area contributed by atoms with E-state index in [1.165, 1.54) is 138 Å². The molecule has 1 heterocycles. The lowest BCUT2D eigenvalue weighted by Crippen LogP contribution is -2.36. The van der Waals surface area contributed by atoms with Crippen LogP contribution in [0, 0.1) is 19.8 Å². The number of likely N-dealkylation sites (N-methyl/N-ethyl adjacent to an activating group) is 1. The molecule has 0 aromatic heterocycles. The summed E-state index contributed by atoms with van der Waals surface area (Å²) in [5.74, 6) is 1.67. The third-order valence-electron chi connectivity index (χ3n) is 11.3. The molecule has 0 spiro atoms. The van der Waals surface area contributed by atoms with Crippen molar-refractivity contribution in [1.29, 1.82) is 0 Å². The average molecular weight is 652 g/mol. The number of piperidine rings is 1. The van der Waals surface area contributed by atoms with E-state index in [-0.39, 0.29) is 6.04 Å². The molecule has 1 saturated carbocycles. The summed E-state index contributed by atoms with van der Waals surface area (Å²) >= 11 is 0. The fraction of sp³-hybridized carbons (Fsp3) is 0.600. The molecule has 264 valence electrons. The molecule has 2 N–H and O–H groups in total. The van der Waals surface area contributed by atoms with Crippen LogP contribution >= 0.6 is 0 Å². The maximum Gasteiger partial charge on any atom is 0.0468 e. The number of hydrogen-bond donors (Lipinski definition) is 2. The molecule has 0 amide bonds. The molecule has 2 aromatic carbocycles. The van der Waals surface area contributed by atoms with E-state index in [1.807, 2.05) is 19.2 Å². The molecule has 2 aromatic rings. The van der Waals surface area contributed by atoms with Crippen LogP contribution in [0.25, 0.3) is 6.08 Å². The normalized spacial score (nSPS) is 16.1. The Hall–Kier alpha value is -2.62. The third kappa shape index (κ3) is 12.7. The number of hydrogen-bond acceptors (Lipinski definition) is 3. The van der Waals surface area contributed by atoms with Crippen LogP contribution in [0.5, 0.6) is 0 Å². The van der Waals surface area contributed by atoms with Gasteiger partial charge in [-0.15, -0.1) is 6.58 Å². The van der Waals surface area contributed by atoms with Gasteiger partial charge in [0.25, 0.3) is 0 Å². The van der Waals surface area contributed by atoms with Crippen LogP contribution in [-0.2, 0) is 19.4 Å². The molecule has 4 rings (SSSR count). The van der Waals surface area contributed by atoms with E-state index in [2.05, 4.69) is 79.4 Å². The topological polar surface area (TPSA) is 27.3 Å². The van der Waals surface area contributed by atoms with E-state index in [9.17, 15) is 0 Å². The molecule has 1 atom stereocenters. The monoisotopic (exact) mass is 652 g/mol. The molecule has 1 aliphatic carbocycles. The minimum Gasteiger partial charge on any atom is -0.391 e. The Bertz CT molecular complexity index is 1280. The van der Waals surface area contributed by atoms with Crippen molar-refractivity contribution in [2.75, 3.05) is 26.7 Å². The first kappa shape index (κ1) is 38.2. The highest BCUT2D eigenvalue weighted by Gasteiger charge is 2.24. The fourth-order valence-corrected chi connectivity index (χ4v) is 7.91.